The molecule has 0 radical (unpaired) electrons. The van der Waals surface area contributed by atoms with E-state index in [0.717, 1.165) is 42.5 Å². The number of para-hydroxylation sites is 2. The average molecular weight is 367 g/mol. The highest BCUT2D eigenvalue weighted by molar-refractivity contribution is 5.82. The smallest absolute Gasteiger partial charge is 0.297 e. The first kappa shape index (κ1) is 17.7. The van der Waals surface area contributed by atoms with E-state index in [-0.39, 0.29) is 35.6 Å². The van der Waals surface area contributed by atoms with Gasteiger partial charge in [0.2, 0.25) is 11.6 Å². The van der Waals surface area contributed by atoms with Gasteiger partial charge in [-0.2, -0.15) is 0 Å². The Morgan fingerprint density at radius 1 is 1.15 bits per heavy atom. The first-order valence-corrected chi connectivity index (χ1v) is 9.72. The lowest BCUT2D eigenvalue weighted by Gasteiger charge is -2.23. The Kier molecular flexibility index (Phi) is 4.68. The number of carbonyl (C=O) groups is 1. The summed E-state index contributed by atoms with van der Waals surface area (Å²) in [5.41, 5.74) is 1.54. The molecule has 2 heterocycles. The fraction of sp³-hybridized carbons (Fsp3) is 0.500. The molecule has 1 N–H and O–H groups in total. The molecule has 3 aromatic rings. The number of aromatic nitrogens is 4. The van der Waals surface area contributed by atoms with Crippen LogP contribution in [-0.4, -0.2) is 31.1 Å². The van der Waals surface area contributed by atoms with Crippen LogP contribution in [0.2, 0.25) is 0 Å². The van der Waals surface area contributed by atoms with E-state index >= 15 is 0 Å². The molecule has 0 unspecified atom stereocenters. The van der Waals surface area contributed by atoms with Crippen LogP contribution in [-0.2, 0) is 11.3 Å². The predicted octanol–water partition coefficient (Wildman–Crippen LogP) is 2.62. The second-order valence-corrected chi connectivity index (χ2v) is 7.65. The van der Waals surface area contributed by atoms with Gasteiger partial charge in [0.1, 0.15) is 12.4 Å². The van der Waals surface area contributed by atoms with E-state index in [1.54, 1.807) is 0 Å². The minimum atomic E-state index is -0.285. The summed E-state index contributed by atoms with van der Waals surface area (Å²) >= 11 is 0. The van der Waals surface area contributed by atoms with Gasteiger partial charge in [0.05, 0.1) is 11.0 Å². The second kappa shape index (κ2) is 7.13. The first-order chi connectivity index (χ1) is 13.1. The van der Waals surface area contributed by atoms with Crippen LogP contribution in [0.25, 0.3) is 16.7 Å². The third-order valence-corrected chi connectivity index (χ3v) is 5.33. The minimum Gasteiger partial charge on any atom is -0.352 e. The van der Waals surface area contributed by atoms with Crippen LogP contribution in [0, 0.1) is 0 Å². The van der Waals surface area contributed by atoms with Crippen molar-refractivity contribution < 1.29 is 4.79 Å². The maximum absolute atomic E-state index is 13.1. The number of amides is 1. The molecule has 7 heteroatoms. The zero-order valence-electron chi connectivity index (χ0n) is 15.8. The van der Waals surface area contributed by atoms with Crippen molar-refractivity contribution in [2.24, 2.45) is 0 Å². The van der Waals surface area contributed by atoms with E-state index in [9.17, 15) is 9.59 Å². The van der Waals surface area contributed by atoms with Crippen molar-refractivity contribution in [3.63, 3.8) is 0 Å². The normalized spacial score (nSPS) is 15.7. The summed E-state index contributed by atoms with van der Waals surface area (Å²) in [5, 5.41) is 11.4. The Bertz CT molecular complexity index is 1040. The van der Waals surface area contributed by atoms with Crippen molar-refractivity contribution in [1.29, 1.82) is 0 Å². The molecule has 142 valence electrons. The van der Waals surface area contributed by atoms with Gasteiger partial charge in [-0.15, -0.1) is 10.2 Å². The van der Waals surface area contributed by atoms with E-state index in [4.69, 9.17) is 0 Å². The maximum atomic E-state index is 13.1. The summed E-state index contributed by atoms with van der Waals surface area (Å²) in [6.07, 6.45) is 5.57. The standard InChI is InChI=1S/C20H25N5O2/c1-13(2)18-22-23-19-20(27)24(15-10-6-7-11-16(15)25(18)19)12-17(26)21-14-8-4-3-5-9-14/h6-7,10-11,13-14H,3-5,8-9,12H2,1-2H3,(H,21,26). The average Bonchev–Trinajstić information content (AvgIpc) is 3.12. The van der Waals surface area contributed by atoms with Crippen LogP contribution in [0.1, 0.15) is 57.7 Å². The predicted molar refractivity (Wildman–Crippen MR) is 104 cm³/mol. The summed E-state index contributed by atoms with van der Waals surface area (Å²) in [4.78, 5) is 25.7. The summed E-state index contributed by atoms with van der Waals surface area (Å²) < 4.78 is 3.33. The second-order valence-electron chi connectivity index (χ2n) is 7.65. The lowest BCUT2D eigenvalue weighted by molar-refractivity contribution is -0.122. The molecule has 1 amide bonds. The van der Waals surface area contributed by atoms with Crippen molar-refractivity contribution in [3.8, 4) is 0 Å². The zero-order valence-corrected chi connectivity index (χ0v) is 15.8. The summed E-state index contributed by atoms with van der Waals surface area (Å²) in [5.74, 6) is 0.757. The number of nitrogens with zero attached hydrogens (tertiary/aromatic N) is 4. The molecular weight excluding hydrogens is 342 g/mol. The monoisotopic (exact) mass is 367 g/mol. The van der Waals surface area contributed by atoms with Gasteiger partial charge in [0.15, 0.2) is 0 Å². The van der Waals surface area contributed by atoms with Crippen LogP contribution in [0.15, 0.2) is 29.1 Å². The third-order valence-electron chi connectivity index (χ3n) is 5.33. The molecule has 0 spiro atoms. The van der Waals surface area contributed by atoms with Crippen LogP contribution in [0.3, 0.4) is 0 Å². The van der Waals surface area contributed by atoms with Crippen molar-refractivity contribution in [2.75, 3.05) is 0 Å². The SMILES string of the molecule is CC(C)c1nnc2c(=O)n(CC(=O)NC3CCCCC3)c3ccccc3n12. The largest absolute Gasteiger partial charge is 0.352 e. The number of hydrogen-bond acceptors (Lipinski definition) is 4. The fourth-order valence-corrected chi connectivity index (χ4v) is 3.98. The fourth-order valence-electron chi connectivity index (χ4n) is 3.98. The van der Waals surface area contributed by atoms with Gasteiger partial charge in [-0.3, -0.25) is 18.6 Å². The van der Waals surface area contributed by atoms with Gasteiger partial charge in [0, 0.05) is 12.0 Å². The first-order valence-electron chi connectivity index (χ1n) is 9.72. The van der Waals surface area contributed by atoms with Gasteiger partial charge >= 0.3 is 0 Å². The molecule has 0 aliphatic heterocycles. The number of nitrogens with one attached hydrogen (secondary N) is 1. The molecule has 1 fully saturated rings. The molecule has 0 atom stereocenters. The molecule has 1 saturated carbocycles. The molecule has 27 heavy (non-hydrogen) atoms. The van der Waals surface area contributed by atoms with E-state index in [1.165, 1.54) is 11.0 Å². The van der Waals surface area contributed by atoms with Gasteiger partial charge in [-0.25, -0.2) is 0 Å². The number of rotatable bonds is 4. The van der Waals surface area contributed by atoms with Crippen LogP contribution >= 0.6 is 0 Å². The molecule has 7 nitrogen and oxygen atoms in total. The Balaban J connectivity index is 1.77. The van der Waals surface area contributed by atoms with E-state index in [0.29, 0.717) is 0 Å². The van der Waals surface area contributed by atoms with Gasteiger partial charge in [-0.1, -0.05) is 45.2 Å². The molecule has 0 bridgehead atoms. The Hall–Kier alpha value is -2.70. The Labute approximate surface area is 157 Å². The molecule has 1 aliphatic rings. The number of fused-ring (bicyclic) bond motifs is 3. The number of benzene rings is 1. The highest BCUT2D eigenvalue weighted by Gasteiger charge is 2.20. The van der Waals surface area contributed by atoms with Crippen LogP contribution in [0.4, 0.5) is 0 Å². The molecule has 2 aromatic heterocycles. The van der Waals surface area contributed by atoms with Crippen LogP contribution < -0.4 is 10.9 Å². The van der Waals surface area contributed by atoms with Gasteiger partial charge < -0.3 is 5.32 Å². The van der Waals surface area contributed by atoms with E-state index in [2.05, 4.69) is 15.5 Å². The molecule has 0 saturated heterocycles. The van der Waals surface area contributed by atoms with Crippen LogP contribution in [0.5, 0.6) is 0 Å². The van der Waals surface area contributed by atoms with E-state index in [1.807, 2.05) is 42.5 Å². The quantitative estimate of drug-likeness (QED) is 0.768. The molecule has 4 rings (SSSR count). The van der Waals surface area contributed by atoms with Crippen molar-refractivity contribution in [2.45, 2.75) is 64.5 Å². The number of hydrogen-bond donors (Lipinski definition) is 1. The molecule has 1 aliphatic carbocycles. The summed E-state index contributed by atoms with van der Waals surface area (Å²) in [6.45, 7) is 4.04. The number of carbonyl (C=O) groups excluding carboxylic acids is 1. The maximum Gasteiger partial charge on any atom is 0.297 e. The summed E-state index contributed by atoms with van der Waals surface area (Å²) in [6, 6.07) is 7.82. The zero-order chi connectivity index (χ0) is 19.0. The molecule has 1 aromatic carbocycles. The van der Waals surface area contributed by atoms with Crippen molar-refractivity contribution in [3.05, 3.63) is 40.4 Å². The Morgan fingerprint density at radius 3 is 2.56 bits per heavy atom. The Morgan fingerprint density at radius 2 is 1.85 bits per heavy atom. The topological polar surface area (TPSA) is 81.3 Å². The lowest BCUT2D eigenvalue weighted by atomic mass is 9.95. The third kappa shape index (κ3) is 3.22. The minimum absolute atomic E-state index is 0.00375. The van der Waals surface area contributed by atoms with Gasteiger partial charge in [0.25, 0.3) is 5.56 Å². The highest BCUT2D eigenvalue weighted by Crippen LogP contribution is 2.20. The van der Waals surface area contributed by atoms with Gasteiger partial charge in [-0.05, 0) is 25.0 Å². The van der Waals surface area contributed by atoms with Crippen molar-refractivity contribution >= 4 is 22.6 Å². The molecular formula is C20H25N5O2. The lowest BCUT2D eigenvalue weighted by Crippen LogP contribution is -2.40. The highest BCUT2D eigenvalue weighted by atomic mass is 16.2. The van der Waals surface area contributed by atoms with Crippen molar-refractivity contribution in [1.82, 2.24) is 24.5 Å². The summed E-state index contributed by atoms with van der Waals surface area (Å²) in [7, 11) is 0. The van der Waals surface area contributed by atoms with E-state index < -0.39 is 0 Å².